The van der Waals surface area contributed by atoms with Crippen molar-refractivity contribution in [2.24, 2.45) is 5.18 Å². The van der Waals surface area contributed by atoms with E-state index in [1.54, 1.807) is 0 Å². The smallest absolute Gasteiger partial charge is 0.194 e. The molecule has 1 saturated heterocycles. The lowest BCUT2D eigenvalue weighted by atomic mass is 9.99. The summed E-state index contributed by atoms with van der Waals surface area (Å²) in [6.07, 6.45) is 0. The Labute approximate surface area is 115 Å². The summed E-state index contributed by atoms with van der Waals surface area (Å²) < 4.78 is 0. The second kappa shape index (κ2) is 4.45. The van der Waals surface area contributed by atoms with E-state index in [1.165, 1.54) is 0 Å². The third-order valence-corrected chi connectivity index (χ3v) is 3.78. The normalized spacial score (nSPS) is 25.4. The average Bonchev–Trinajstić information content (AvgIpc) is 2.34. The van der Waals surface area contributed by atoms with Crippen molar-refractivity contribution >= 4 is 0 Å². The van der Waals surface area contributed by atoms with Gasteiger partial charge in [-0.2, -0.15) is 0 Å². The van der Waals surface area contributed by atoms with Crippen LogP contribution in [0.2, 0.25) is 0 Å². The molecule has 6 heteroatoms. The van der Waals surface area contributed by atoms with Crippen molar-refractivity contribution < 1.29 is 5.21 Å². The van der Waals surface area contributed by atoms with Gasteiger partial charge in [-0.05, 0) is 60.7 Å². The summed E-state index contributed by atoms with van der Waals surface area (Å²) >= 11 is 0. The van der Waals surface area contributed by atoms with E-state index in [0.29, 0.717) is 5.70 Å². The molecular formula is C13H26N4O2. The van der Waals surface area contributed by atoms with Crippen LogP contribution in [0.4, 0.5) is 0 Å². The van der Waals surface area contributed by atoms with Gasteiger partial charge in [0, 0.05) is 5.54 Å². The maximum atomic E-state index is 11.2. The Morgan fingerprint density at radius 1 is 1.26 bits per heavy atom. The Bertz CT molecular complexity index is 407. The molecule has 1 heterocycles. The molecule has 1 aliphatic heterocycles. The molecule has 0 bridgehead atoms. The second-order valence-corrected chi connectivity index (χ2v) is 7.09. The molecule has 0 radical (unpaired) electrons. The molecule has 6 nitrogen and oxygen atoms in total. The van der Waals surface area contributed by atoms with E-state index in [1.807, 2.05) is 60.4 Å². The van der Waals surface area contributed by atoms with Gasteiger partial charge in [0.15, 0.2) is 5.82 Å². The van der Waals surface area contributed by atoms with Crippen molar-refractivity contribution in [1.29, 1.82) is 0 Å². The van der Waals surface area contributed by atoms with Gasteiger partial charge in [0.1, 0.15) is 11.4 Å². The molecule has 19 heavy (non-hydrogen) atoms. The maximum absolute atomic E-state index is 11.2. The van der Waals surface area contributed by atoms with Crippen molar-refractivity contribution in [3.8, 4) is 0 Å². The number of hydroxylamine groups is 2. The molecule has 0 aliphatic carbocycles. The van der Waals surface area contributed by atoms with Crippen molar-refractivity contribution in [3.05, 3.63) is 16.4 Å². The Morgan fingerprint density at radius 2 is 1.74 bits per heavy atom. The number of nitrogens with one attached hydrogen (secondary N) is 1. The fourth-order valence-electron chi connectivity index (χ4n) is 2.39. The molecule has 0 aromatic carbocycles. The molecule has 0 spiro atoms. The van der Waals surface area contributed by atoms with Gasteiger partial charge >= 0.3 is 0 Å². The zero-order valence-electron chi connectivity index (χ0n) is 13.2. The van der Waals surface area contributed by atoms with E-state index in [4.69, 9.17) is 0 Å². The summed E-state index contributed by atoms with van der Waals surface area (Å²) in [4.78, 5) is 13.2. The van der Waals surface area contributed by atoms with Crippen LogP contribution in [0.25, 0.3) is 0 Å². The highest BCUT2D eigenvalue weighted by atomic mass is 16.5. The molecule has 1 aliphatic rings. The van der Waals surface area contributed by atoms with Gasteiger partial charge < -0.3 is 5.32 Å². The van der Waals surface area contributed by atoms with E-state index < -0.39 is 11.2 Å². The fourth-order valence-corrected chi connectivity index (χ4v) is 2.39. The number of hydrogen-bond acceptors (Lipinski definition) is 6. The van der Waals surface area contributed by atoms with Crippen molar-refractivity contribution in [2.75, 3.05) is 7.05 Å². The summed E-state index contributed by atoms with van der Waals surface area (Å²) in [6, 6.07) is 0. The zero-order valence-corrected chi connectivity index (χ0v) is 13.2. The molecule has 0 aromatic heterocycles. The summed E-state index contributed by atoms with van der Waals surface area (Å²) in [7, 11) is 1.91. The molecule has 1 rings (SSSR count). The van der Waals surface area contributed by atoms with Gasteiger partial charge in [-0.25, -0.2) is 5.06 Å². The third kappa shape index (κ3) is 2.60. The fraction of sp³-hybridized carbons (Fsp3) is 0.846. The molecule has 0 saturated carbocycles. The Balaban J connectivity index is 3.40. The van der Waals surface area contributed by atoms with Crippen LogP contribution in [0.5, 0.6) is 0 Å². The van der Waals surface area contributed by atoms with Crippen LogP contribution in [0.15, 0.2) is 16.7 Å². The molecule has 0 atom stereocenters. The molecule has 110 valence electrons. The third-order valence-electron chi connectivity index (χ3n) is 3.78. The van der Waals surface area contributed by atoms with Gasteiger partial charge in [0.2, 0.25) is 0 Å². The van der Waals surface area contributed by atoms with E-state index >= 15 is 0 Å². The second-order valence-electron chi connectivity index (χ2n) is 7.09. The van der Waals surface area contributed by atoms with E-state index in [0.717, 1.165) is 5.06 Å². The minimum Gasteiger partial charge on any atom is -0.361 e. The minimum atomic E-state index is -0.603. The quantitative estimate of drug-likeness (QED) is 0.754. The number of nitrogens with zero attached hydrogens (tertiary/aromatic N) is 3. The van der Waals surface area contributed by atoms with E-state index in [-0.39, 0.29) is 11.4 Å². The predicted molar refractivity (Wildman–Crippen MR) is 75.3 cm³/mol. The largest absolute Gasteiger partial charge is 0.361 e. The van der Waals surface area contributed by atoms with Crippen molar-refractivity contribution in [3.63, 3.8) is 0 Å². The van der Waals surface area contributed by atoms with Crippen LogP contribution in [0.3, 0.4) is 0 Å². The molecule has 0 aromatic rings. The lowest BCUT2D eigenvalue weighted by Crippen LogP contribution is -2.48. The SMILES string of the molecule is CN1C(C)(C)/C(=C(\N=O)NC(C)(C)C)N(O)C1(C)C. The zero-order chi connectivity index (χ0) is 15.2. The average molecular weight is 270 g/mol. The van der Waals surface area contributed by atoms with Crippen LogP contribution >= 0.6 is 0 Å². The molecule has 1 fully saturated rings. The first kappa shape index (κ1) is 15.9. The topological polar surface area (TPSA) is 68.2 Å². The summed E-state index contributed by atoms with van der Waals surface area (Å²) in [5, 5.41) is 17.7. The summed E-state index contributed by atoms with van der Waals surface area (Å²) in [5.41, 5.74) is -0.919. The van der Waals surface area contributed by atoms with Crippen molar-refractivity contribution in [1.82, 2.24) is 15.3 Å². The van der Waals surface area contributed by atoms with E-state index in [9.17, 15) is 10.1 Å². The highest BCUT2D eigenvalue weighted by Gasteiger charge is 2.53. The maximum Gasteiger partial charge on any atom is 0.194 e. The predicted octanol–water partition coefficient (Wildman–Crippen LogP) is 2.46. The first-order chi connectivity index (χ1) is 8.35. The first-order valence-corrected chi connectivity index (χ1v) is 6.45. The highest BCUT2D eigenvalue weighted by Crippen LogP contribution is 2.43. The van der Waals surface area contributed by atoms with Crippen LogP contribution in [0.1, 0.15) is 48.5 Å². The number of hydrogen-bond donors (Lipinski definition) is 2. The van der Waals surface area contributed by atoms with Crippen molar-refractivity contribution in [2.45, 2.75) is 65.2 Å². The van der Waals surface area contributed by atoms with Crippen LogP contribution in [-0.2, 0) is 0 Å². The first-order valence-electron chi connectivity index (χ1n) is 6.45. The molecule has 0 unspecified atom stereocenters. The van der Waals surface area contributed by atoms with Gasteiger partial charge in [0.05, 0.1) is 5.54 Å². The highest BCUT2D eigenvalue weighted by molar-refractivity contribution is 5.28. The minimum absolute atomic E-state index is 0.178. The monoisotopic (exact) mass is 270 g/mol. The number of nitroso groups, excluding NO2 is 1. The Morgan fingerprint density at radius 3 is 2.00 bits per heavy atom. The number of rotatable bonds is 2. The number of likely N-dealkylation sites (N-methyl/N-ethyl adjacent to an activating group) is 1. The van der Waals surface area contributed by atoms with Gasteiger partial charge in [-0.1, -0.05) is 0 Å². The molecular weight excluding hydrogens is 244 g/mol. The van der Waals surface area contributed by atoms with Gasteiger partial charge in [-0.15, -0.1) is 4.91 Å². The lowest BCUT2D eigenvalue weighted by molar-refractivity contribution is -0.148. The Hall–Kier alpha value is -1.14. The lowest BCUT2D eigenvalue weighted by Gasteiger charge is -2.35. The standard InChI is InChI=1S/C13H26N4O2/c1-11(2,3)14-10(15-18)9-12(4,5)16(8)13(6,7)17(9)19/h14,19H,1-8H3/b10-9+. The van der Waals surface area contributed by atoms with Gasteiger partial charge in [0.25, 0.3) is 0 Å². The summed E-state index contributed by atoms with van der Waals surface area (Å²) in [5.74, 6) is 0.178. The molecule has 2 N–H and O–H groups in total. The molecule has 0 amide bonds. The van der Waals surface area contributed by atoms with Crippen LogP contribution < -0.4 is 5.32 Å². The van der Waals surface area contributed by atoms with Crippen LogP contribution in [0, 0.1) is 4.91 Å². The van der Waals surface area contributed by atoms with E-state index in [2.05, 4.69) is 10.5 Å². The van der Waals surface area contributed by atoms with Crippen LogP contribution in [-0.4, -0.2) is 39.0 Å². The Kier molecular flexibility index (Phi) is 3.73. The summed E-state index contributed by atoms with van der Waals surface area (Å²) in [6.45, 7) is 13.5. The van der Waals surface area contributed by atoms with Gasteiger partial charge in [-0.3, -0.25) is 10.1 Å².